The molecule has 3 rings (SSSR count). The summed E-state index contributed by atoms with van der Waals surface area (Å²) in [6.07, 6.45) is 2.57. The third kappa shape index (κ3) is 5.16. The van der Waals surface area contributed by atoms with Crippen molar-refractivity contribution in [3.05, 3.63) is 76.6 Å². The molecule has 0 saturated carbocycles. The fourth-order valence-corrected chi connectivity index (χ4v) is 5.10. The van der Waals surface area contributed by atoms with Gasteiger partial charge in [0.25, 0.3) is 0 Å². The highest BCUT2D eigenvalue weighted by Gasteiger charge is 2.36. The average molecular weight is 438 g/mol. The number of anilines is 1. The first-order valence-corrected chi connectivity index (χ1v) is 11.1. The zero-order valence-electron chi connectivity index (χ0n) is 15.8. The Morgan fingerprint density at radius 2 is 1.97 bits per heavy atom. The number of esters is 1. The van der Waals surface area contributed by atoms with E-state index in [-0.39, 0.29) is 22.7 Å². The van der Waals surface area contributed by atoms with Gasteiger partial charge in [0.2, 0.25) is 10.0 Å². The maximum atomic E-state index is 13.2. The zero-order chi connectivity index (χ0) is 21.0. The Labute approximate surface area is 174 Å². The van der Waals surface area contributed by atoms with Gasteiger partial charge in [-0.15, -0.1) is 0 Å². The Morgan fingerprint density at radius 1 is 1.24 bits per heavy atom. The minimum atomic E-state index is -3.99. The van der Waals surface area contributed by atoms with Gasteiger partial charge in [-0.25, -0.2) is 17.6 Å². The predicted octanol–water partition coefficient (Wildman–Crippen LogP) is 5.00. The van der Waals surface area contributed by atoms with Crippen LogP contribution >= 0.6 is 11.6 Å². The van der Waals surface area contributed by atoms with Crippen LogP contribution in [0.5, 0.6) is 0 Å². The maximum absolute atomic E-state index is 13.2. The fraction of sp³-hybridized carbons (Fsp3) is 0.286. The first-order valence-electron chi connectivity index (χ1n) is 9.20. The lowest BCUT2D eigenvalue weighted by Gasteiger charge is -2.25. The molecule has 1 aliphatic rings. The Morgan fingerprint density at radius 3 is 2.66 bits per heavy atom. The van der Waals surface area contributed by atoms with Crippen molar-refractivity contribution in [2.24, 2.45) is 0 Å². The maximum Gasteiger partial charge on any atom is 0.335 e. The number of carbonyl (C=O) groups is 1. The summed E-state index contributed by atoms with van der Waals surface area (Å²) in [5.74, 6) is -1.24. The summed E-state index contributed by atoms with van der Waals surface area (Å²) in [6, 6.07) is 12.6. The van der Waals surface area contributed by atoms with E-state index in [1.54, 1.807) is 13.0 Å². The van der Waals surface area contributed by atoms with Gasteiger partial charge in [-0.05, 0) is 49.9 Å². The number of hydrogen-bond acceptors (Lipinski definition) is 4. The molecule has 0 aliphatic heterocycles. The number of ether oxygens (including phenoxy) is 1. The van der Waals surface area contributed by atoms with Gasteiger partial charge in [0, 0.05) is 0 Å². The second-order valence-corrected chi connectivity index (χ2v) is 9.08. The van der Waals surface area contributed by atoms with Crippen LogP contribution in [0.3, 0.4) is 0 Å². The van der Waals surface area contributed by atoms with Crippen molar-refractivity contribution in [2.75, 3.05) is 4.72 Å². The van der Waals surface area contributed by atoms with E-state index < -0.39 is 33.2 Å². The smallest absolute Gasteiger partial charge is 0.335 e. The summed E-state index contributed by atoms with van der Waals surface area (Å²) >= 11 is 5.94. The lowest BCUT2D eigenvalue weighted by molar-refractivity contribution is -0.144. The molecule has 2 aromatic rings. The molecule has 5 nitrogen and oxygen atoms in total. The largest absolute Gasteiger partial charge is 0.454 e. The van der Waals surface area contributed by atoms with Crippen molar-refractivity contribution in [1.29, 1.82) is 0 Å². The predicted molar refractivity (Wildman–Crippen MR) is 111 cm³/mol. The van der Waals surface area contributed by atoms with Crippen molar-refractivity contribution < 1.29 is 22.3 Å². The van der Waals surface area contributed by atoms with Crippen LogP contribution in [-0.2, 0) is 19.6 Å². The Bertz CT molecular complexity index is 1020. The SMILES string of the molecule is C[C@H](OC(=O)C1=CCCC[C@@H]1S(=O)(=O)Nc1ccc(F)cc1Cl)c1ccccc1. The summed E-state index contributed by atoms with van der Waals surface area (Å²) in [4.78, 5) is 12.7. The highest BCUT2D eigenvalue weighted by molar-refractivity contribution is 7.93. The van der Waals surface area contributed by atoms with Crippen molar-refractivity contribution in [3.63, 3.8) is 0 Å². The average Bonchev–Trinajstić information content (AvgIpc) is 2.70. The van der Waals surface area contributed by atoms with E-state index in [0.29, 0.717) is 12.8 Å². The molecule has 2 atom stereocenters. The molecule has 0 bridgehead atoms. The molecule has 0 aromatic heterocycles. The normalized spacial score (nSPS) is 17.9. The molecule has 0 saturated heterocycles. The van der Waals surface area contributed by atoms with Crippen molar-refractivity contribution in [1.82, 2.24) is 0 Å². The van der Waals surface area contributed by atoms with Gasteiger partial charge in [0.15, 0.2) is 0 Å². The van der Waals surface area contributed by atoms with Crippen LogP contribution in [0.2, 0.25) is 5.02 Å². The molecular formula is C21H21ClFNO4S. The van der Waals surface area contributed by atoms with Gasteiger partial charge in [0.1, 0.15) is 17.2 Å². The van der Waals surface area contributed by atoms with E-state index in [9.17, 15) is 17.6 Å². The molecule has 0 unspecified atom stereocenters. The van der Waals surface area contributed by atoms with Crippen molar-refractivity contribution >= 4 is 33.3 Å². The highest BCUT2D eigenvalue weighted by atomic mass is 35.5. The number of rotatable bonds is 6. The topological polar surface area (TPSA) is 72.5 Å². The molecule has 8 heteroatoms. The van der Waals surface area contributed by atoms with Gasteiger partial charge in [-0.3, -0.25) is 4.72 Å². The van der Waals surface area contributed by atoms with Gasteiger partial charge >= 0.3 is 5.97 Å². The molecule has 0 radical (unpaired) electrons. The number of hydrogen-bond donors (Lipinski definition) is 1. The van der Waals surface area contributed by atoms with Crippen LogP contribution in [-0.4, -0.2) is 19.6 Å². The van der Waals surface area contributed by atoms with E-state index >= 15 is 0 Å². The summed E-state index contributed by atoms with van der Waals surface area (Å²) in [6.45, 7) is 1.73. The Kier molecular flexibility index (Phi) is 6.59. The standard InChI is InChI=1S/C21H21ClFNO4S/c1-14(15-7-3-2-4-8-15)28-21(25)17-9-5-6-10-20(17)29(26,27)24-19-12-11-16(23)13-18(19)22/h2-4,7-9,11-14,20,24H,5-6,10H2,1H3/t14-,20-/m0/s1. The number of sulfonamides is 1. The van der Waals surface area contributed by atoms with Crippen LogP contribution in [0.25, 0.3) is 0 Å². The number of nitrogens with one attached hydrogen (secondary N) is 1. The monoisotopic (exact) mass is 437 g/mol. The van der Waals surface area contributed by atoms with Crippen LogP contribution < -0.4 is 4.72 Å². The molecule has 154 valence electrons. The molecule has 0 amide bonds. The molecule has 1 aliphatic carbocycles. The lowest BCUT2D eigenvalue weighted by atomic mass is 9.99. The minimum Gasteiger partial charge on any atom is -0.454 e. The molecule has 0 heterocycles. The van der Waals surface area contributed by atoms with E-state index in [4.69, 9.17) is 16.3 Å². The highest BCUT2D eigenvalue weighted by Crippen LogP contribution is 2.31. The number of allylic oxidation sites excluding steroid dienone is 1. The van der Waals surface area contributed by atoms with Gasteiger partial charge in [-0.1, -0.05) is 48.0 Å². The third-order valence-corrected chi connectivity index (χ3v) is 6.78. The van der Waals surface area contributed by atoms with Crippen LogP contribution in [0.1, 0.15) is 37.9 Å². The molecule has 1 N–H and O–H groups in total. The fourth-order valence-electron chi connectivity index (χ4n) is 3.20. The Hall–Kier alpha value is -2.38. The lowest BCUT2D eigenvalue weighted by Crippen LogP contribution is -2.35. The number of benzene rings is 2. The van der Waals surface area contributed by atoms with Gasteiger partial charge in [-0.2, -0.15) is 0 Å². The van der Waals surface area contributed by atoms with Crippen molar-refractivity contribution in [2.45, 2.75) is 37.5 Å². The van der Waals surface area contributed by atoms with Crippen LogP contribution in [0, 0.1) is 5.82 Å². The number of halogens is 2. The Balaban J connectivity index is 1.79. The molecule has 29 heavy (non-hydrogen) atoms. The second-order valence-electron chi connectivity index (χ2n) is 6.81. The van der Waals surface area contributed by atoms with E-state index in [0.717, 1.165) is 17.7 Å². The molecular weight excluding hydrogens is 417 g/mol. The zero-order valence-corrected chi connectivity index (χ0v) is 17.3. The molecule has 0 spiro atoms. The molecule has 0 fully saturated rings. The minimum absolute atomic E-state index is 0.0593. The first-order chi connectivity index (χ1) is 13.8. The summed E-state index contributed by atoms with van der Waals surface area (Å²) in [5.41, 5.74) is 0.974. The van der Waals surface area contributed by atoms with Crippen molar-refractivity contribution in [3.8, 4) is 0 Å². The third-order valence-electron chi connectivity index (χ3n) is 4.73. The summed E-state index contributed by atoms with van der Waals surface area (Å²) in [5, 5.41) is -1.14. The van der Waals surface area contributed by atoms with Crippen LogP contribution in [0.15, 0.2) is 60.2 Å². The number of carbonyl (C=O) groups excluding carboxylic acids is 1. The van der Waals surface area contributed by atoms with Gasteiger partial charge in [0.05, 0.1) is 16.3 Å². The van der Waals surface area contributed by atoms with E-state index in [1.165, 1.54) is 6.07 Å². The van der Waals surface area contributed by atoms with E-state index in [2.05, 4.69) is 4.72 Å². The molecule has 2 aromatic carbocycles. The summed E-state index contributed by atoms with van der Waals surface area (Å²) in [7, 11) is -3.99. The van der Waals surface area contributed by atoms with E-state index in [1.807, 2.05) is 30.3 Å². The quantitative estimate of drug-likeness (QED) is 0.645. The van der Waals surface area contributed by atoms with Gasteiger partial charge < -0.3 is 4.74 Å². The summed E-state index contributed by atoms with van der Waals surface area (Å²) < 4.78 is 47.0. The first kappa shape index (κ1) is 21.3. The van der Waals surface area contributed by atoms with Crippen LogP contribution in [0.4, 0.5) is 10.1 Å². The second kappa shape index (κ2) is 8.97.